The number of carbonyl (C=O) groups is 1. The number of amides is 1. The first kappa shape index (κ1) is 14.2. The molecular formula is C10H20N2O4S. The van der Waals surface area contributed by atoms with Crippen LogP contribution < -0.4 is 5.14 Å². The molecule has 0 spiro atoms. The molecule has 0 aromatic heterocycles. The molecule has 1 fully saturated rings. The van der Waals surface area contributed by atoms with E-state index in [0.717, 1.165) is 0 Å². The number of hydrogen-bond donors (Lipinski definition) is 1. The van der Waals surface area contributed by atoms with Crippen LogP contribution in [0.25, 0.3) is 0 Å². The highest BCUT2D eigenvalue weighted by atomic mass is 32.2. The van der Waals surface area contributed by atoms with Crippen molar-refractivity contribution in [1.29, 1.82) is 0 Å². The van der Waals surface area contributed by atoms with Crippen LogP contribution >= 0.6 is 0 Å². The second kappa shape index (κ2) is 4.81. The normalized spacial score (nSPS) is 22.4. The molecule has 6 nitrogen and oxygen atoms in total. The summed E-state index contributed by atoms with van der Waals surface area (Å²) < 4.78 is 27.7. The molecule has 0 radical (unpaired) electrons. The Hall–Kier alpha value is -0.820. The number of rotatable bonds is 1. The average molecular weight is 264 g/mol. The largest absolute Gasteiger partial charge is 0.444 e. The van der Waals surface area contributed by atoms with Crippen molar-refractivity contribution in [3.05, 3.63) is 0 Å². The van der Waals surface area contributed by atoms with Crippen LogP contribution in [0.15, 0.2) is 0 Å². The van der Waals surface area contributed by atoms with Crippen molar-refractivity contribution < 1.29 is 17.9 Å². The van der Waals surface area contributed by atoms with Crippen LogP contribution in [0, 0.1) is 0 Å². The van der Waals surface area contributed by atoms with E-state index in [4.69, 9.17) is 9.88 Å². The molecule has 0 aliphatic carbocycles. The molecule has 0 bridgehead atoms. The summed E-state index contributed by atoms with van der Waals surface area (Å²) in [5.74, 6) is 0. The van der Waals surface area contributed by atoms with Gasteiger partial charge in [-0.25, -0.2) is 18.4 Å². The van der Waals surface area contributed by atoms with E-state index in [1.807, 2.05) is 0 Å². The second-order valence-corrected chi connectivity index (χ2v) is 7.12. The van der Waals surface area contributed by atoms with Gasteiger partial charge in [0.05, 0.1) is 5.25 Å². The molecule has 1 saturated heterocycles. The Balaban J connectivity index is 2.64. The average Bonchev–Trinajstić information content (AvgIpc) is 2.14. The summed E-state index contributed by atoms with van der Waals surface area (Å²) in [6.45, 7) is 5.94. The Morgan fingerprint density at radius 3 is 2.47 bits per heavy atom. The molecule has 1 atom stereocenters. The first-order valence-corrected chi connectivity index (χ1v) is 7.20. The van der Waals surface area contributed by atoms with Gasteiger partial charge in [-0.15, -0.1) is 0 Å². The van der Waals surface area contributed by atoms with Crippen molar-refractivity contribution in [3.8, 4) is 0 Å². The molecule has 2 N–H and O–H groups in total. The maximum Gasteiger partial charge on any atom is 0.410 e. The fourth-order valence-electron chi connectivity index (χ4n) is 1.70. The van der Waals surface area contributed by atoms with Gasteiger partial charge in [-0.05, 0) is 33.6 Å². The molecule has 1 heterocycles. The Morgan fingerprint density at radius 2 is 2.00 bits per heavy atom. The van der Waals surface area contributed by atoms with Gasteiger partial charge in [0.15, 0.2) is 0 Å². The SMILES string of the molecule is CC(C)(C)OC(=O)N1CCC[C@H](S(N)(=O)=O)C1. The van der Waals surface area contributed by atoms with Crippen LogP contribution in [-0.2, 0) is 14.8 Å². The van der Waals surface area contributed by atoms with E-state index in [9.17, 15) is 13.2 Å². The maximum absolute atomic E-state index is 11.8. The Morgan fingerprint density at radius 1 is 1.41 bits per heavy atom. The van der Waals surface area contributed by atoms with E-state index >= 15 is 0 Å². The molecule has 0 aromatic rings. The van der Waals surface area contributed by atoms with E-state index in [1.165, 1.54) is 4.90 Å². The number of carbonyl (C=O) groups excluding carboxylic acids is 1. The molecule has 0 saturated carbocycles. The maximum atomic E-state index is 11.8. The first-order chi connectivity index (χ1) is 7.59. The number of primary sulfonamides is 1. The monoisotopic (exact) mass is 264 g/mol. The third kappa shape index (κ3) is 4.51. The van der Waals surface area contributed by atoms with E-state index in [-0.39, 0.29) is 6.54 Å². The number of nitrogens with two attached hydrogens (primary N) is 1. The van der Waals surface area contributed by atoms with Gasteiger partial charge in [-0.3, -0.25) is 0 Å². The quantitative estimate of drug-likeness (QED) is 0.754. The van der Waals surface area contributed by atoms with Gasteiger partial charge < -0.3 is 9.64 Å². The Kier molecular flexibility index (Phi) is 4.03. The Labute approximate surface area is 102 Å². The van der Waals surface area contributed by atoms with Crippen LogP contribution in [0.5, 0.6) is 0 Å². The highest BCUT2D eigenvalue weighted by Gasteiger charge is 2.32. The van der Waals surface area contributed by atoms with Crippen molar-refractivity contribution >= 4 is 16.1 Å². The van der Waals surface area contributed by atoms with Crippen molar-refractivity contribution in [3.63, 3.8) is 0 Å². The van der Waals surface area contributed by atoms with Crippen LogP contribution in [0.1, 0.15) is 33.6 Å². The minimum Gasteiger partial charge on any atom is -0.444 e. The van der Waals surface area contributed by atoms with E-state index in [0.29, 0.717) is 19.4 Å². The summed E-state index contributed by atoms with van der Waals surface area (Å²) in [5, 5.41) is 4.42. The molecule has 0 unspecified atom stereocenters. The summed E-state index contributed by atoms with van der Waals surface area (Å²) in [6, 6.07) is 0. The summed E-state index contributed by atoms with van der Waals surface area (Å²) in [4.78, 5) is 13.2. The molecule has 0 aromatic carbocycles. The summed E-state index contributed by atoms with van der Waals surface area (Å²) in [7, 11) is -3.59. The topological polar surface area (TPSA) is 89.7 Å². The summed E-state index contributed by atoms with van der Waals surface area (Å²) >= 11 is 0. The second-order valence-electron chi connectivity index (χ2n) is 5.28. The Bertz CT molecular complexity index is 386. The van der Waals surface area contributed by atoms with Crippen LogP contribution in [0.4, 0.5) is 4.79 Å². The number of sulfonamides is 1. The lowest BCUT2D eigenvalue weighted by molar-refractivity contribution is 0.0219. The molecule has 1 aliphatic rings. The van der Waals surface area contributed by atoms with Gasteiger partial charge in [0, 0.05) is 13.1 Å². The van der Waals surface area contributed by atoms with Crippen molar-refractivity contribution in [2.24, 2.45) is 5.14 Å². The van der Waals surface area contributed by atoms with Crippen molar-refractivity contribution in [1.82, 2.24) is 4.90 Å². The fraction of sp³-hybridized carbons (Fsp3) is 0.900. The highest BCUT2D eigenvalue weighted by molar-refractivity contribution is 7.89. The smallest absolute Gasteiger partial charge is 0.410 e. The van der Waals surface area contributed by atoms with Gasteiger partial charge in [0.1, 0.15) is 5.60 Å². The molecule has 1 aliphatic heterocycles. The van der Waals surface area contributed by atoms with Crippen LogP contribution in [0.3, 0.4) is 0 Å². The number of ether oxygens (including phenoxy) is 1. The third-order valence-electron chi connectivity index (χ3n) is 2.49. The number of hydrogen-bond acceptors (Lipinski definition) is 4. The lowest BCUT2D eigenvalue weighted by atomic mass is 10.1. The lowest BCUT2D eigenvalue weighted by Crippen LogP contribution is -2.48. The standard InChI is InChI=1S/C10H20N2O4S/c1-10(2,3)16-9(13)12-6-4-5-8(7-12)17(11,14)15/h8H,4-7H2,1-3H3,(H2,11,14,15)/t8-/m0/s1. The highest BCUT2D eigenvalue weighted by Crippen LogP contribution is 2.18. The fourth-order valence-corrected chi connectivity index (χ4v) is 2.58. The van der Waals surface area contributed by atoms with Gasteiger partial charge in [0.2, 0.25) is 10.0 Å². The van der Waals surface area contributed by atoms with E-state index < -0.39 is 27.0 Å². The minimum absolute atomic E-state index is 0.119. The van der Waals surface area contributed by atoms with Gasteiger partial charge >= 0.3 is 6.09 Å². The number of likely N-dealkylation sites (tertiary alicyclic amines) is 1. The minimum atomic E-state index is -3.59. The predicted octanol–water partition coefficient (Wildman–Crippen LogP) is 0.674. The zero-order valence-electron chi connectivity index (χ0n) is 10.5. The molecule has 1 amide bonds. The molecule has 100 valence electrons. The molecule has 17 heavy (non-hydrogen) atoms. The zero-order valence-corrected chi connectivity index (χ0v) is 11.3. The predicted molar refractivity (Wildman–Crippen MR) is 63.9 cm³/mol. The lowest BCUT2D eigenvalue weighted by Gasteiger charge is -2.33. The van der Waals surface area contributed by atoms with Gasteiger partial charge in [-0.1, -0.05) is 0 Å². The van der Waals surface area contributed by atoms with E-state index in [1.54, 1.807) is 20.8 Å². The summed E-state index contributed by atoms with van der Waals surface area (Å²) in [5.41, 5.74) is -0.578. The molecule has 7 heteroatoms. The van der Waals surface area contributed by atoms with E-state index in [2.05, 4.69) is 0 Å². The summed E-state index contributed by atoms with van der Waals surface area (Å²) in [6.07, 6.45) is 0.643. The van der Waals surface area contributed by atoms with Crippen LogP contribution in [-0.4, -0.2) is 43.4 Å². The number of nitrogens with zero attached hydrogens (tertiary/aromatic N) is 1. The van der Waals surface area contributed by atoms with Crippen LogP contribution in [0.2, 0.25) is 0 Å². The zero-order chi connectivity index (χ0) is 13.3. The van der Waals surface area contributed by atoms with Crippen molar-refractivity contribution in [2.45, 2.75) is 44.5 Å². The number of piperidine rings is 1. The third-order valence-corrected chi connectivity index (χ3v) is 3.81. The first-order valence-electron chi connectivity index (χ1n) is 5.59. The van der Waals surface area contributed by atoms with Gasteiger partial charge in [0.25, 0.3) is 0 Å². The van der Waals surface area contributed by atoms with Crippen molar-refractivity contribution in [2.75, 3.05) is 13.1 Å². The van der Waals surface area contributed by atoms with Gasteiger partial charge in [-0.2, -0.15) is 0 Å². The molecular weight excluding hydrogens is 244 g/mol. The molecule has 1 rings (SSSR count).